The number of hydrogen-bond acceptors (Lipinski definition) is 9. The van der Waals surface area contributed by atoms with E-state index in [9.17, 15) is 9.59 Å². The number of aliphatic hydroxyl groups is 5. The molecule has 1 unspecified atom stereocenters. The van der Waals surface area contributed by atoms with Gasteiger partial charge in [-0.05, 0) is 19.4 Å². The van der Waals surface area contributed by atoms with Crippen molar-refractivity contribution < 1.29 is 110 Å². The average Bonchev–Trinajstić information content (AvgIpc) is 2.53. The van der Waals surface area contributed by atoms with Gasteiger partial charge in [-0.15, -0.1) is 0 Å². The first kappa shape index (κ1) is 63.5. The van der Waals surface area contributed by atoms with Crippen molar-refractivity contribution in [2.75, 3.05) is 19.7 Å². The molecule has 0 saturated carbocycles. The van der Waals surface area contributed by atoms with Gasteiger partial charge in [-0.1, -0.05) is 6.42 Å². The molecular formula is C14H41N3O14V2. The van der Waals surface area contributed by atoms with Crippen LogP contribution in [-0.2, 0) is 46.7 Å². The normalized spacial score (nSPS) is 9.42. The van der Waals surface area contributed by atoms with Gasteiger partial charge in [-0.3, -0.25) is 4.79 Å². The molecule has 0 saturated heterocycles. The van der Waals surface area contributed by atoms with E-state index in [1.54, 1.807) is 0 Å². The molecule has 0 aromatic carbocycles. The van der Waals surface area contributed by atoms with E-state index in [0.717, 1.165) is 12.8 Å². The number of carbonyl (C=O) groups is 2. The molecule has 23 N–H and O–H groups in total. The second-order valence-corrected chi connectivity index (χ2v) is 5.14. The predicted molar refractivity (Wildman–Crippen MR) is 110 cm³/mol. The van der Waals surface area contributed by atoms with Crippen LogP contribution in [0.25, 0.3) is 0 Å². The summed E-state index contributed by atoms with van der Waals surface area (Å²) in [7, 11) is 0. The van der Waals surface area contributed by atoms with Crippen molar-refractivity contribution in [3.8, 4) is 0 Å². The molecule has 2 radical (unpaired) electrons. The van der Waals surface area contributed by atoms with Gasteiger partial charge in [-0.2, -0.15) is 0 Å². The number of carboxylic acids is 1. The molecule has 0 bridgehead atoms. The van der Waals surface area contributed by atoms with Gasteiger partial charge in [0.15, 0.2) is 11.9 Å². The molecule has 33 heavy (non-hydrogen) atoms. The molecule has 0 aromatic heterocycles. The van der Waals surface area contributed by atoms with Crippen molar-refractivity contribution in [1.82, 2.24) is 5.32 Å². The smallest absolute Gasteiger partial charge is 0.332 e. The van der Waals surface area contributed by atoms with Gasteiger partial charge < -0.3 is 80.3 Å². The number of amides is 1. The van der Waals surface area contributed by atoms with Gasteiger partial charge in [0.1, 0.15) is 0 Å². The predicted octanol–water partition coefficient (Wildman–Crippen LogP) is -6.35. The number of carboxylic acid groups (broad SMARTS) is 1. The van der Waals surface area contributed by atoms with Crippen LogP contribution >= 0.6 is 0 Å². The van der Waals surface area contributed by atoms with Gasteiger partial charge in [-0.25, -0.2) is 4.79 Å². The van der Waals surface area contributed by atoms with E-state index in [1.807, 2.05) is 0 Å². The summed E-state index contributed by atoms with van der Waals surface area (Å²) >= 11 is 0. The molecule has 19 heteroatoms. The van der Waals surface area contributed by atoms with Gasteiger partial charge in [0.2, 0.25) is 5.91 Å². The Labute approximate surface area is 214 Å². The number of carbonyl (C=O) groups excluding carboxylic acids is 1. The van der Waals surface area contributed by atoms with E-state index < -0.39 is 35.7 Å². The molecular weight excluding hydrogens is 536 g/mol. The summed E-state index contributed by atoms with van der Waals surface area (Å²) in [5.74, 6) is -3.27. The minimum atomic E-state index is -1.42. The number of aliphatic hydroxyl groups excluding tert-OH is 4. The van der Waals surface area contributed by atoms with Crippen LogP contribution < -0.4 is 16.8 Å². The number of primary amides is 1. The molecule has 0 aliphatic heterocycles. The average molecular weight is 577 g/mol. The SMILES string of the molecule is NC(=O)[C@@H](N)CCCCNCCC(O)=C(O)O.O.O.O.O.O.O.O=C(O)C(O)CCO.[V].[V]. The van der Waals surface area contributed by atoms with Crippen molar-refractivity contribution in [2.45, 2.75) is 44.2 Å². The molecule has 0 aliphatic rings. The van der Waals surface area contributed by atoms with Crippen molar-refractivity contribution >= 4 is 11.9 Å². The molecule has 0 spiro atoms. The fraction of sp³-hybridized carbons (Fsp3) is 0.714. The van der Waals surface area contributed by atoms with Crippen LogP contribution in [0.1, 0.15) is 32.1 Å². The minimum Gasteiger partial charge on any atom is -0.506 e. The number of aliphatic carboxylic acids is 1. The maximum atomic E-state index is 10.6. The van der Waals surface area contributed by atoms with Crippen LogP contribution in [0.5, 0.6) is 0 Å². The van der Waals surface area contributed by atoms with E-state index in [0.29, 0.717) is 19.5 Å². The Morgan fingerprint density at radius 1 is 0.818 bits per heavy atom. The van der Waals surface area contributed by atoms with Crippen molar-refractivity contribution in [1.29, 1.82) is 0 Å². The number of rotatable bonds is 12. The summed E-state index contributed by atoms with van der Waals surface area (Å²) in [6, 6.07) is -0.590. The van der Waals surface area contributed by atoms with Crippen molar-refractivity contribution in [3.63, 3.8) is 0 Å². The van der Waals surface area contributed by atoms with Gasteiger partial charge in [0.05, 0.1) is 6.04 Å². The summed E-state index contributed by atoms with van der Waals surface area (Å²) in [4.78, 5) is 20.3. The Morgan fingerprint density at radius 2 is 1.27 bits per heavy atom. The number of nitrogens with one attached hydrogen (secondary N) is 1. The van der Waals surface area contributed by atoms with Crippen LogP contribution in [0.4, 0.5) is 0 Å². The molecule has 0 aromatic rings. The first-order valence-electron chi connectivity index (χ1n) is 7.70. The Morgan fingerprint density at radius 3 is 1.58 bits per heavy atom. The first-order chi connectivity index (χ1) is 11.6. The quantitative estimate of drug-likeness (QED) is 0.0779. The second-order valence-electron chi connectivity index (χ2n) is 5.14. The molecule has 17 nitrogen and oxygen atoms in total. The zero-order chi connectivity index (χ0) is 19.8. The molecule has 1 amide bonds. The number of nitrogens with two attached hydrogens (primary N) is 2. The first-order valence-corrected chi connectivity index (χ1v) is 7.70. The zero-order valence-corrected chi connectivity index (χ0v) is 20.7. The van der Waals surface area contributed by atoms with E-state index >= 15 is 0 Å². The van der Waals surface area contributed by atoms with E-state index in [1.165, 1.54) is 0 Å². The number of unbranched alkanes of at least 4 members (excludes halogenated alkanes) is 1. The summed E-state index contributed by atoms with van der Waals surface area (Å²) in [5.41, 5.74) is 10.4. The topological polar surface area (TPSA) is 409 Å². The third kappa shape index (κ3) is 45.1. The van der Waals surface area contributed by atoms with Crippen molar-refractivity contribution in [2.24, 2.45) is 11.5 Å². The van der Waals surface area contributed by atoms with Crippen LogP contribution in [0, 0.1) is 0 Å². The monoisotopic (exact) mass is 577 g/mol. The Bertz CT molecular complexity index is 432. The van der Waals surface area contributed by atoms with Crippen LogP contribution in [0.3, 0.4) is 0 Å². The van der Waals surface area contributed by atoms with Crippen molar-refractivity contribution in [3.05, 3.63) is 11.7 Å². The minimum absolute atomic E-state index is 0. The fourth-order valence-corrected chi connectivity index (χ4v) is 1.45. The number of hydrogen-bond donors (Lipinski definition) is 9. The maximum Gasteiger partial charge on any atom is 0.332 e. The summed E-state index contributed by atoms with van der Waals surface area (Å²) in [5, 5.41) is 53.3. The Hall–Kier alpha value is -1.15. The standard InChI is InChI=1S/C10H21N3O4.C4H8O4.6H2O.2V/c11-7(9(12)15)3-1-2-5-13-6-4-8(14)10(16)17;5-2-1-3(6)4(7)8;;;;;;;;/h7,13-14,16-17H,1-6,11H2,(H2,12,15);3,5-6H,1-2H2,(H,7,8);6*1H2;;/t7-;;;;;;;;;/m0........./s1. The molecule has 0 rings (SSSR count). The second kappa shape index (κ2) is 41.1. The zero-order valence-electron chi connectivity index (χ0n) is 17.9. The molecule has 0 aliphatic carbocycles. The fourth-order valence-electron chi connectivity index (χ4n) is 1.45. The van der Waals surface area contributed by atoms with Crippen LogP contribution in [0.15, 0.2) is 11.7 Å². The molecule has 0 fully saturated rings. The van der Waals surface area contributed by atoms with Gasteiger partial charge in [0.25, 0.3) is 0 Å². The largest absolute Gasteiger partial charge is 0.506 e. The molecule has 0 heterocycles. The van der Waals surface area contributed by atoms with Crippen LogP contribution in [0.2, 0.25) is 0 Å². The van der Waals surface area contributed by atoms with Gasteiger partial charge in [0, 0.05) is 63.1 Å². The maximum absolute atomic E-state index is 10.6. The van der Waals surface area contributed by atoms with E-state index in [4.69, 9.17) is 42.1 Å². The van der Waals surface area contributed by atoms with Crippen LogP contribution in [-0.4, -0.2) is 107 Å². The third-order valence-electron chi connectivity index (χ3n) is 2.97. The summed E-state index contributed by atoms with van der Waals surface area (Å²) in [6.07, 6.45) is 0.804. The Kier molecular flexibility index (Phi) is 79.1. The van der Waals surface area contributed by atoms with E-state index in [2.05, 4.69) is 5.32 Å². The third-order valence-corrected chi connectivity index (χ3v) is 2.97. The van der Waals surface area contributed by atoms with Gasteiger partial charge >= 0.3 is 11.9 Å². The molecule has 206 valence electrons. The molecule has 2 atom stereocenters. The Balaban J connectivity index is -0.0000000368. The summed E-state index contributed by atoms with van der Waals surface area (Å²) in [6.45, 7) is 0.844. The summed E-state index contributed by atoms with van der Waals surface area (Å²) < 4.78 is 0. The van der Waals surface area contributed by atoms with E-state index in [-0.39, 0.29) is 89.4 Å².